The van der Waals surface area contributed by atoms with Crippen LogP contribution in [0.4, 0.5) is 5.69 Å². The number of anilines is 1. The van der Waals surface area contributed by atoms with Gasteiger partial charge in [0.1, 0.15) is 10.6 Å². The third kappa shape index (κ3) is 4.98. The molecule has 0 bridgehead atoms. The summed E-state index contributed by atoms with van der Waals surface area (Å²) in [4.78, 5) is 14.5. The van der Waals surface area contributed by atoms with E-state index >= 15 is 0 Å². The van der Waals surface area contributed by atoms with Crippen LogP contribution in [-0.2, 0) is 14.8 Å². The zero-order chi connectivity index (χ0) is 19.3. The van der Waals surface area contributed by atoms with Gasteiger partial charge in [-0.2, -0.15) is 4.31 Å². The smallest absolute Gasteiger partial charge is 0.246 e. The van der Waals surface area contributed by atoms with Gasteiger partial charge < -0.3 is 15.4 Å². The summed E-state index contributed by atoms with van der Waals surface area (Å²) in [5.41, 5.74) is 0.464. The second kappa shape index (κ2) is 9.01. The van der Waals surface area contributed by atoms with Crippen molar-refractivity contribution >= 4 is 21.6 Å². The van der Waals surface area contributed by atoms with Gasteiger partial charge in [0.2, 0.25) is 15.9 Å². The van der Waals surface area contributed by atoms with Crippen molar-refractivity contribution in [2.24, 2.45) is 0 Å². The van der Waals surface area contributed by atoms with Crippen LogP contribution >= 0.6 is 0 Å². The number of amides is 1. The lowest BCUT2D eigenvalue weighted by Crippen LogP contribution is -2.46. The molecule has 1 amide bonds. The van der Waals surface area contributed by atoms with Crippen molar-refractivity contribution in [3.05, 3.63) is 18.2 Å². The lowest BCUT2D eigenvalue weighted by atomic mass is 10.2. The molecule has 2 saturated heterocycles. The number of methoxy groups -OCH3 is 1. The van der Waals surface area contributed by atoms with Crippen LogP contribution in [0.1, 0.15) is 19.3 Å². The van der Waals surface area contributed by atoms with E-state index in [1.165, 1.54) is 17.5 Å². The first-order valence-electron chi connectivity index (χ1n) is 9.42. The molecule has 3 rings (SSSR count). The van der Waals surface area contributed by atoms with Gasteiger partial charge in [0.15, 0.2) is 0 Å². The first-order valence-corrected chi connectivity index (χ1v) is 10.9. The van der Waals surface area contributed by atoms with Crippen molar-refractivity contribution in [2.45, 2.75) is 24.2 Å². The molecule has 2 heterocycles. The van der Waals surface area contributed by atoms with E-state index in [1.807, 2.05) is 0 Å². The molecule has 0 aliphatic carbocycles. The number of nitrogens with one attached hydrogen (secondary N) is 2. The highest BCUT2D eigenvalue weighted by Crippen LogP contribution is 2.31. The number of carbonyl (C=O) groups is 1. The number of hydrogen-bond donors (Lipinski definition) is 2. The summed E-state index contributed by atoms with van der Waals surface area (Å²) in [5, 5.41) is 6.06. The second-order valence-corrected chi connectivity index (χ2v) is 8.81. The molecule has 27 heavy (non-hydrogen) atoms. The van der Waals surface area contributed by atoms with Crippen LogP contribution < -0.4 is 15.4 Å². The minimum absolute atomic E-state index is 0.104. The Morgan fingerprint density at radius 3 is 2.52 bits per heavy atom. The van der Waals surface area contributed by atoms with Crippen LogP contribution in [0, 0.1) is 0 Å². The van der Waals surface area contributed by atoms with Crippen LogP contribution in [0.3, 0.4) is 0 Å². The molecule has 0 unspecified atom stereocenters. The fourth-order valence-electron chi connectivity index (χ4n) is 3.47. The third-order valence-corrected chi connectivity index (χ3v) is 6.88. The number of piperazine rings is 1. The number of benzene rings is 1. The molecule has 0 atom stereocenters. The Bertz CT molecular complexity index is 757. The van der Waals surface area contributed by atoms with Crippen LogP contribution in [0.25, 0.3) is 0 Å². The Balaban J connectivity index is 1.75. The fourth-order valence-corrected chi connectivity index (χ4v) is 5.17. The molecular weight excluding hydrogens is 368 g/mol. The average Bonchev–Trinajstić information content (AvgIpc) is 2.69. The highest BCUT2D eigenvalue weighted by molar-refractivity contribution is 7.89. The van der Waals surface area contributed by atoms with Gasteiger partial charge in [-0.25, -0.2) is 8.42 Å². The lowest BCUT2D eigenvalue weighted by molar-refractivity contribution is -0.117. The fraction of sp³-hybridized carbons (Fsp3) is 0.611. The van der Waals surface area contributed by atoms with Crippen molar-refractivity contribution in [3.8, 4) is 5.75 Å². The number of hydrogen-bond acceptors (Lipinski definition) is 6. The number of rotatable bonds is 6. The molecule has 0 saturated carbocycles. The van der Waals surface area contributed by atoms with E-state index in [-0.39, 0.29) is 10.8 Å². The Labute approximate surface area is 160 Å². The van der Waals surface area contributed by atoms with Gasteiger partial charge in [0, 0.05) is 45.0 Å². The molecular formula is C18H28N4O4S. The molecule has 9 heteroatoms. The first-order chi connectivity index (χ1) is 13.0. The molecule has 2 aliphatic rings. The molecule has 0 spiro atoms. The highest BCUT2D eigenvalue weighted by Gasteiger charge is 2.29. The van der Waals surface area contributed by atoms with Crippen molar-refractivity contribution in [3.63, 3.8) is 0 Å². The molecule has 0 aromatic heterocycles. The van der Waals surface area contributed by atoms with E-state index < -0.39 is 10.0 Å². The van der Waals surface area contributed by atoms with Crippen LogP contribution in [-0.4, -0.2) is 76.5 Å². The van der Waals surface area contributed by atoms with Crippen LogP contribution in [0.5, 0.6) is 5.75 Å². The molecule has 2 aliphatic heterocycles. The van der Waals surface area contributed by atoms with Gasteiger partial charge in [0.25, 0.3) is 0 Å². The standard InChI is InChI=1S/C18H28N4O4S/c1-26-16-6-5-15(20-18(23)14-21-11-7-19-8-12-21)13-17(16)27(24,25)22-9-3-2-4-10-22/h5-6,13,19H,2-4,7-12,14H2,1H3,(H,20,23). The molecule has 0 radical (unpaired) electrons. The van der Waals surface area contributed by atoms with E-state index in [4.69, 9.17) is 4.74 Å². The summed E-state index contributed by atoms with van der Waals surface area (Å²) >= 11 is 0. The van der Waals surface area contributed by atoms with Gasteiger partial charge in [-0.15, -0.1) is 0 Å². The van der Waals surface area contributed by atoms with Gasteiger partial charge >= 0.3 is 0 Å². The first kappa shape index (κ1) is 20.1. The van der Waals surface area contributed by atoms with Crippen LogP contribution in [0.15, 0.2) is 23.1 Å². The number of nitrogens with zero attached hydrogens (tertiary/aromatic N) is 2. The predicted octanol–water partition coefficient (Wildman–Crippen LogP) is 0.714. The number of carbonyl (C=O) groups excluding carboxylic acids is 1. The van der Waals surface area contributed by atoms with Gasteiger partial charge in [-0.05, 0) is 31.0 Å². The maximum absolute atomic E-state index is 13.0. The molecule has 2 fully saturated rings. The van der Waals surface area contributed by atoms with Crippen LogP contribution in [0.2, 0.25) is 0 Å². The Morgan fingerprint density at radius 1 is 1.15 bits per heavy atom. The lowest BCUT2D eigenvalue weighted by Gasteiger charge is -2.27. The quantitative estimate of drug-likeness (QED) is 0.736. The van der Waals surface area contributed by atoms with Crippen molar-refractivity contribution in [2.75, 3.05) is 58.2 Å². The van der Waals surface area contributed by atoms with Crippen molar-refractivity contribution < 1.29 is 17.9 Å². The summed E-state index contributed by atoms with van der Waals surface area (Å²) in [6.45, 7) is 4.72. The monoisotopic (exact) mass is 396 g/mol. The average molecular weight is 397 g/mol. The van der Waals surface area contributed by atoms with E-state index in [9.17, 15) is 13.2 Å². The van der Waals surface area contributed by atoms with Crippen molar-refractivity contribution in [1.29, 1.82) is 0 Å². The zero-order valence-corrected chi connectivity index (χ0v) is 16.6. The van der Waals surface area contributed by atoms with E-state index in [2.05, 4.69) is 15.5 Å². The molecule has 8 nitrogen and oxygen atoms in total. The van der Waals surface area contributed by atoms with E-state index in [0.717, 1.165) is 45.4 Å². The number of ether oxygens (including phenoxy) is 1. The summed E-state index contributed by atoms with van der Waals surface area (Å²) < 4.78 is 32.9. The van der Waals surface area contributed by atoms with E-state index in [0.29, 0.717) is 31.1 Å². The number of piperidine rings is 1. The SMILES string of the molecule is COc1ccc(NC(=O)CN2CCNCC2)cc1S(=O)(=O)N1CCCCC1. The largest absolute Gasteiger partial charge is 0.495 e. The third-order valence-electron chi connectivity index (χ3n) is 4.96. The topological polar surface area (TPSA) is 91.0 Å². The van der Waals surface area contributed by atoms with E-state index in [1.54, 1.807) is 12.1 Å². The normalized spacial score (nSPS) is 19.6. The van der Waals surface area contributed by atoms with Gasteiger partial charge in [-0.3, -0.25) is 9.69 Å². The molecule has 1 aromatic rings. The minimum Gasteiger partial charge on any atom is -0.495 e. The Morgan fingerprint density at radius 2 is 1.85 bits per heavy atom. The molecule has 150 valence electrons. The number of sulfonamides is 1. The minimum atomic E-state index is -3.65. The summed E-state index contributed by atoms with van der Waals surface area (Å²) in [6, 6.07) is 4.76. The van der Waals surface area contributed by atoms with Crippen molar-refractivity contribution in [1.82, 2.24) is 14.5 Å². The Hall–Kier alpha value is -1.68. The highest BCUT2D eigenvalue weighted by atomic mass is 32.2. The summed E-state index contributed by atoms with van der Waals surface area (Å²) in [6.07, 6.45) is 2.77. The maximum atomic E-state index is 13.0. The summed E-state index contributed by atoms with van der Waals surface area (Å²) in [7, 11) is -2.20. The molecule has 1 aromatic carbocycles. The zero-order valence-electron chi connectivity index (χ0n) is 15.7. The van der Waals surface area contributed by atoms with Gasteiger partial charge in [-0.1, -0.05) is 6.42 Å². The second-order valence-electron chi connectivity index (χ2n) is 6.90. The summed E-state index contributed by atoms with van der Waals surface area (Å²) in [5.74, 6) is 0.143. The predicted molar refractivity (Wildman–Crippen MR) is 104 cm³/mol. The Kier molecular flexibility index (Phi) is 6.69. The molecule has 2 N–H and O–H groups in total. The van der Waals surface area contributed by atoms with Gasteiger partial charge in [0.05, 0.1) is 13.7 Å². The maximum Gasteiger partial charge on any atom is 0.246 e.